The van der Waals surface area contributed by atoms with E-state index in [0.29, 0.717) is 11.5 Å². The van der Waals surface area contributed by atoms with Crippen LogP contribution in [0.5, 0.6) is 11.5 Å². The average Bonchev–Trinajstić information content (AvgIpc) is 2.53. The van der Waals surface area contributed by atoms with Crippen molar-refractivity contribution in [2.24, 2.45) is 0 Å². The molecule has 23 heavy (non-hydrogen) atoms. The van der Waals surface area contributed by atoms with Crippen LogP contribution in [0.4, 0.5) is 0 Å². The van der Waals surface area contributed by atoms with Gasteiger partial charge >= 0.3 is 0 Å². The summed E-state index contributed by atoms with van der Waals surface area (Å²) in [5, 5.41) is 2.96. The molecule has 2 aromatic carbocycles. The van der Waals surface area contributed by atoms with E-state index in [-0.39, 0.29) is 18.6 Å². The lowest BCUT2D eigenvalue weighted by Crippen LogP contribution is -2.31. The third-order valence-corrected chi connectivity index (χ3v) is 3.70. The first kappa shape index (κ1) is 16.9. The van der Waals surface area contributed by atoms with Gasteiger partial charge in [-0.3, -0.25) is 4.79 Å². The normalized spacial score (nSPS) is 11.7. The summed E-state index contributed by atoms with van der Waals surface area (Å²) in [5.74, 6) is 1.01. The molecule has 0 saturated heterocycles. The molecular weight excluding hydrogens is 290 g/mol. The van der Waals surface area contributed by atoms with Crippen LogP contribution >= 0.6 is 0 Å². The van der Waals surface area contributed by atoms with Crippen LogP contribution in [0.2, 0.25) is 0 Å². The summed E-state index contributed by atoms with van der Waals surface area (Å²) in [6.07, 6.45) is 0. The SMILES string of the molecule is COc1ccccc1OCC(=O)N[C@H](C)c1ccc(C)cc1C. The van der Waals surface area contributed by atoms with Crippen LogP contribution in [0.15, 0.2) is 42.5 Å². The quantitative estimate of drug-likeness (QED) is 0.887. The van der Waals surface area contributed by atoms with Crippen LogP contribution < -0.4 is 14.8 Å². The van der Waals surface area contributed by atoms with Gasteiger partial charge in [-0.2, -0.15) is 0 Å². The minimum atomic E-state index is -0.164. The van der Waals surface area contributed by atoms with E-state index in [0.717, 1.165) is 5.56 Å². The lowest BCUT2D eigenvalue weighted by Gasteiger charge is -2.17. The summed E-state index contributed by atoms with van der Waals surface area (Å²) < 4.78 is 10.7. The predicted octanol–water partition coefficient (Wildman–Crippen LogP) is 3.57. The molecule has 0 spiro atoms. The molecule has 0 aliphatic carbocycles. The predicted molar refractivity (Wildman–Crippen MR) is 91.0 cm³/mol. The zero-order valence-corrected chi connectivity index (χ0v) is 14.1. The Morgan fingerprint density at radius 2 is 1.83 bits per heavy atom. The van der Waals surface area contributed by atoms with Crippen molar-refractivity contribution in [1.82, 2.24) is 5.32 Å². The van der Waals surface area contributed by atoms with Gasteiger partial charge in [0.05, 0.1) is 13.2 Å². The van der Waals surface area contributed by atoms with Crippen molar-refractivity contribution in [3.8, 4) is 11.5 Å². The van der Waals surface area contributed by atoms with Gasteiger partial charge < -0.3 is 14.8 Å². The van der Waals surface area contributed by atoms with Crippen molar-refractivity contribution in [3.05, 3.63) is 59.2 Å². The number of rotatable bonds is 6. The summed E-state index contributed by atoms with van der Waals surface area (Å²) in [7, 11) is 1.57. The number of para-hydroxylation sites is 2. The highest BCUT2D eigenvalue weighted by molar-refractivity contribution is 5.78. The molecule has 1 amide bonds. The first-order chi connectivity index (χ1) is 11.0. The van der Waals surface area contributed by atoms with E-state index in [1.54, 1.807) is 19.2 Å². The Hall–Kier alpha value is -2.49. The van der Waals surface area contributed by atoms with Crippen LogP contribution in [-0.4, -0.2) is 19.6 Å². The first-order valence-electron chi connectivity index (χ1n) is 7.63. The summed E-state index contributed by atoms with van der Waals surface area (Å²) in [4.78, 5) is 12.1. The third kappa shape index (κ3) is 4.49. The van der Waals surface area contributed by atoms with Crippen LogP contribution in [-0.2, 0) is 4.79 Å². The van der Waals surface area contributed by atoms with E-state index in [2.05, 4.69) is 37.4 Å². The van der Waals surface area contributed by atoms with Gasteiger partial charge in [0.1, 0.15) is 0 Å². The van der Waals surface area contributed by atoms with Gasteiger partial charge in [0, 0.05) is 0 Å². The average molecular weight is 313 g/mol. The fraction of sp³-hybridized carbons (Fsp3) is 0.316. The van der Waals surface area contributed by atoms with Crippen LogP contribution in [0.3, 0.4) is 0 Å². The number of nitrogens with one attached hydrogen (secondary N) is 1. The Kier molecular flexibility index (Phi) is 5.63. The number of hydrogen-bond donors (Lipinski definition) is 1. The van der Waals surface area contributed by atoms with E-state index in [1.807, 2.05) is 19.1 Å². The minimum absolute atomic E-state index is 0.0460. The second-order valence-corrected chi connectivity index (χ2v) is 5.59. The van der Waals surface area contributed by atoms with Gasteiger partial charge in [-0.25, -0.2) is 0 Å². The van der Waals surface area contributed by atoms with Gasteiger partial charge in [0.15, 0.2) is 18.1 Å². The van der Waals surface area contributed by atoms with Crippen LogP contribution in [0.25, 0.3) is 0 Å². The van der Waals surface area contributed by atoms with Gasteiger partial charge in [-0.05, 0) is 44.0 Å². The molecule has 2 aromatic rings. The summed E-state index contributed by atoms with van der Waals surface area (Å²) in [6.45, 7) is 6.03. The fourth-order valence-corrected chi connectivity index (χ4v) is 2.55. The van der Waals surface area contributed by atoms with Gasteiger partial charge in [-0.15, -0.1) is 0 Å². The number of ether oxygens (including phenoxy) is 2. The van der Waals surface area contributed by atoms with Crippen molar-refractivity contribution in [2.45, 2.75) is 26.8 Å². The second-order valence-electron chi connectivity index (χ2n) is 5.59. The smallest absolute Gasteiger partial charge is 0.258 e. The van der Waals surface area contributed by atoms with Crippen molar-refractivity contribution >= 4 is 5.91 Å². The molecule has 0 radical (unpaired) electrons. The molecule has 0 bridgehead atoms. The monoisotopic (exact) mass is 313 g/mol. The minimum Gasteiger partial charge on any atom is -0.493 e. The Labute approximate surface area is 137 Å². The van der Waals surface area contributed by atoms with E-state index in [9.17, 15) is 4.79 Å². The molecule has 0 unspecified atom stereocenters. The maximum absolute atomic E-state index is 12.1. The number of carbonyl (C=O) groups is 1. The number of benzene rings is 2. The highest BCUT2D eigenvalue weighted by Crippen LogP contribution is 2.25. The zero-order chi connectivity index (χ0) is 16.8. The second kappa shape index (κ2) is 7.68. The summed E-state index contributed by atoms with van der Waals surface area (Å²) in [5.41, 5.74) is 3.49. The molecule has 0 fully saturated rings. The van der Waals surface area contributed by atoms with E-state index >= 15 is 0 Å². The highest BCUT2D eigenvalue weighted by atomic mass is 16.5. The van der Waals surface area contributed by atoms with Gasteiger partial charge in [0.2, 0.25) is 0 Å². The van der Waals surface area contributed by atoms with Crippen molar-refractivity contribution in [1.29, 1.82) is 0 Å². The Bertz CT molecular complexity index is 682. The topological polar surface area (TPSA) is 47.6 Å². The lowest BCUT2D eigenvalue weighted by atomic mass is 10.0. The number of carbonyl (C=O) groups excluding carboxylic acids is 1. The van der Waals surface area contributed by atoms with E-state index in [4.69, 9.17) is 9.47 Å². The van der Waals surface area contributed by atoms with Crippen molar-refractivity contribution < 1.29 is 14.3 Å². The molecule has 1 atom stereocenters. The molecule has 0 saturated carbocycles. The lowest BCUT2D eigenvalue weighted by molar-refractivity contribution is -0.123. The molecule has 2 rings (SSSR count). The van der Waals surface area contributed by atoms with Gasteiger partial charge in [0.25, 0.3) is 5.91 Å². The largest absolute Gasteiger partial charge is 0.493 e. The highest BCUT2D eigenvalue weighted by Gasteiger charge is 2.13. The molecule has 1 N–H and O–H groups in total. The molecule has 0 aliphatic rings. The van der Waals surface area contributed by atoms with Gasteiger partial charge in [-0.1, -0.05) is 35.9 Å². The molecule has 0 aromatic heterocycles. The van der Waals surface area contributed by atoms with Crippen LogP contribution in [0.1, 0.15) is 29.7 Å². The molecule has 4 heteroatoms. The number of amides is 1. The number of hydrogen-bond acceptors (Lipinski definition) is 3. The summed E-state index contributed by atoms with van der Waals surface area (Å²) >= 11 is 0. The Morgan fingerprint density at radius 1 is 1.13 bits per heavy atom. The molecular formula is C19H23NO3. The van der Waals surface area contributed by atoms with Crippen molar-refractivity contribution in [2.75, 3.05) is 13.7 Å². The maximum Gasteiger partial charge on any atom is 0.258 e. The summed E-state index contributed by atoms with van der Waals surface area (Å²) in [6, 6.07) is 13.4. The Morgan fingerprint density at radius 3 is 2.48 bits per heavy atom. The molecule has 4 nitrogen and oxygen atoms in total. The van der Waals surface area contributed by atoms with E-state index < -0.39 is 0 Å². The van der Waals surface area contributed by atoms with Crippen molar-refractivity contribution in [3.63, 3.8) is 0 Å². The fourth-order valence-electron chi connectivity index (χ4n) is 2.55. The Balaban J connectivity index is 1.94. The number of aryl methyl sites for hydroxylation is 2. The molecule has 122 valence electrons. The molecule has 0 aliphatic heterocycles. The first-order valence-corrected chi connectivity index (χ1v) is 7.63. The van der Waals surface area contributed by atoms with E-state index in [1.165, 1.54) is 11.1 Å². The molecule has 0 heterocycles. The third-order valence-electron chi connectivity index (χ3n) is 3.70. The van der Waals surface area contributed by atoms with Crippen LogP contribution in [0, 0.1) is 13.8 Å². The maximum atomic E-state index is 12.1. The number of methoxy groups -OCH3 is 1. The standard InChI is InChI=1S/C19H23NO3/c1-13-9-10-16(14(2)11-13)15(3)20-19(21)12-23-18-8-6-5-7-17(18)22-4/h5-11,15H,12H2,1-4H3,(H,20,21)/t15-/m1/s1. The zero-order valence-electron chi connectivity index (χ0n) is 14.1.